The highest BCUT2D eigenvalue weighted by Gasteiger charge is 2.08. The van der Waals surface area contributed by atoms with Crippen LogP contribution in [0.5, 0.6) is 0 Å². The van der Waals surface area contributed by atoms with Crippen LogP contribution in [0.4, 0.5) is 0 Å². The van der Waals surface area contributed by atoms with Crippen molar-refractivity contribution in [3.8, 4) is 0 Å². The van der Waals surface area contributed by atoms with Crippen LogP contribution in [0.2, 0.25) is 0 Å². The van der Waals surface area contributed by atoms with Gasteiger partial charge in [0.15, 0.2) is 0 Å². The molecule has 0 saturated heterocycles. The predicted molar refractivity (Wildman–Crippen MR) is 51.5 cm³/mol. The van der Waals surface area contributed by atoms with Gasteiger partial charge in [0.2, 0.25) is 0 Å². The van der Waals surface area contributed by atoms with Gasteiger partial charge in [0.1, 0.15) is 0 Å². The molecule has 0 amide bonds. The Balaban J connectivity index is 3.43. The lowest BCUT2D eigenvalue weighted by atomic mass is 9.90. The molecule has 2 N–H and O–H groups in total. The number of rotatable bonds is 5. The van der Waals surface area contributed by atoms with E-state index in [0.717, 1.165) is 18.4 Å². The molecule has 0 rings (SSSR count). The summed E-state index contributed by atoms with van der Waals surface area (Å²) in [5.74, 6) is 2.37. The Morgan fingerprint density at radius 2 is 1.45 bits per heavy atom. The van der Waals surface area contributed by atoms with Gasteiger partial charge in [-0.1, -0.05) is 27.7 Å². The third-order valence-electron chi connectivity index (χ3n) is 2.08. The van der Waals surface area contributed by atoms with E-state index in [9.17, 15) is 0 Å². The van der Waals surface area contributed by atoms with Crippen molar-refractivity contribution < 1.29 is 0 Å². The summed E-state index contributed by atoms with van der Waals surface area (Å²) in [4.78, 5) is 0. The van der Waals surface area contributed by atoms with E-state index in [0.29, 0.717) is 5.92 Å². The Morgan fingerprint density at radius 1 is 0.909 bits per heavy atom. The molecule has 0 heterocycles. The fraction of sp³-hybridized carbons (Fsp3) is 1.00. The zero-order valence-corrected chi connectivity index (χ0v) is 8.43. The van der Waals surface area contributed by atoms with Gasteiger partial charge in [0.25, 0.3) is 0 Å². The van der Waals surface area contributed by atoms with Gasteiger partial charge >= 0.3 is 0 Å². The highest BCUT2D eigenvalue weighted by molar-refractivity contribution is 4.61. The summed E-state index contributed by atoms with van der Waals surface area (Å²) in [6.07, 6.45) is 2.62. The maximum atomic E-state index is 5.55. The zero-order chi connectivity index (χ0) is 8.85. The van der Waals surface area contributed by atoms with Gasteiger partial charge in [-0.15, -0.1) is 0 Å². The molecular weight excluding hydrogens is 134 g/mol. The molecule has 1 nitrogen and oxygen atoms in total. The molecule has 0 aliphatic rings. The van der Waals surface area contributed by atoms with Crippen molar-refractivity contribution in [2.24, 2.45) is 23.5 Å². The van der Waals surface area contributed by atoms with Crippen LogP contribution in [-0.4, -0.2) is 6.54 Å². The predicted octanol–water partition coefficient (Wildman–Crippen LogP) is 2.65. The minimum atomic E-state index is 0.698. The molecule has 0 spiro atoms. The van der Waals surface area contributed by atoms with Gasteiger partial charge in [-0.2, -0.15) is 0 Å². The maximum Gasteiger partial charge on any atom is -0.00514 e. The van der Waals surface area contributed by atoms with Crippen LogP contribution < -0.4 is 5.73 Å². The first kappa shape index (κ1) is 11.0. The molecular formula is C10H23N. The van der Waals surface area contributed by atoms with Crippen molar-refractivity contribution >= 4 is 0 Å². The summed E-state index contributed by atoms with van der Waals surface area (Å²) in [6.45, 7) is 9.96. The molecule has 0 bridgehead atoms. The van der Waals surface area contributed by atoms with Gasteiger partial charge < -0.3 is 5.73 Å². The fourth-order valence-electron chi connectivity index (χ4n) is 1.68. The van der Waals surface area contributed by atoms with Crippen LogP contribution in [0.1, 0.15) is 40.5 Å². The quantitative estimate of drug-likeness (QED) is 0.652. The van der Waals surface area contributed by atoms with Crippen LogP contribution in [0, 0.1) is 17.8 Å². The Labute approximate surface area is 71.4 Å². The smallest absolute Gasteiger partial charge is 0.00514 e. The molecule has 0 radical (unpaired) electrons. The Morgan fingerprint density at radius 3 is 1.82 bits per heavy atom. The van der Waals surface area contributed by atoms with Crippen LogP contribution in [0.25, 0.3) is 0 Å². The number of nitrogens with two attached hydrogens (primary N) is 1. The van der Waals surface area contributed by atoms with E-state index in [1.54, 1.807) is 0 Å². The van der Waals surface area contributed by atoms with Gasteiger partial charge in [0.05, 0.1) is 0 Å². The zero-order valence-electron chi connectivity index (χ0n) is 8.43. The SMILES string of the molecule is CC(C)C[C@@H](C)C[C@H](C)CN. The molecule has 0 aliphatic heterocycles. The first-order valence-corrected chi connectivity index (χ1v) is 4.76. The third-order valence-corrected chi connectivity index (χ3v) is 2.08. The van der Waals surface area contributed by atoms with E-state index in [1.807, 2.05) is 0 Å². The summed E-state index contributed by atoms with van der Waals surface area (Å²) >= 11 is 0. The lowest BCUT2D eigenvalue weighted by molar-refractivity contribution is 0.359. The van der Waals surface area contributed by atoms with E-state index in [1.165, 1.54) is 12.8 Å². The van der Waals surface area contributed by atoms with Crippen LogP contribution in [-0.2, 0) is 0 Å². The molecule has 0 saturated carbocycles. The van der Waals surface area contributed by atoms with Gasteiger partial charge in [-0.3, -0.25) is 0 Å². The Hall–Kier alpha value is -0.0400. The third kappa shape index (κ3) is 6.36. The van der Waals surface area contributed by atoms with E-state index in [4.69, 9.17) is 5.73 Å². The first-order valence-electron chi connectivity index (χ1n) is 4.76. The molecule has 0 fully saturated rings. The summed E-state index contributed by atoms with van der Waals surface area (Å²) in [5.41, 5.74) is 5.55. The highest BCUT2D eigenvalue weighted by atomic mass is 14.5. The average molecular weight is 157 g/mol. The normalized spacial score (nSPS) is 16.9. The van der Waals surface area contributed by atoms with Crippen molar-refractivity contribution in [1.82, 2.24) is 0 Å². The van der Waals surface area contributed by atoms with Gasteiger partial charge in [-0.25, -0.2) is 0 Å². The average Bonchev–Trinajstić information content (AvgIpc) is 1.85. The van der Waals surface area contributed by atoms with Crippen molar-refractivity contribution in [3.05, 3.63) is 0 Å². The van der Waals surface area contributed by atoms with E-state index >= 15 is 0 Å². The first-order chi connectivity index (χ1) is 5.06. The fourth-order valence-corrected chi connectivity index (χ4v) is 1.68. The van der Waals surface area contributed by atoms with Crippen molar-refractivity contribution in [1.29, 1.82) is 0 Å². The standard InChI is InChI=1S/C10H23N/c1-8(2)5-9(3)6-10(4)7-11/h8-10H,5-7,11H2,1-4H3/t9-,10+/m1/s1. The molecule has 0 aromatic heterocycles. The monoisotopic (exact) mass is 157 g/mol. The second kappa shape index (κ2) is 5.59. The van der Waals surface area contributed by atoms with Crippen LogP contribution in [0.15, 0.2) is 0 Å². The topological polar surface area (TPSA) is 26.0 Å². The Bertz CT molecular complexity index is 88.9. The van der Waals surface area contributed by atoms with Crippen molar-refractivity contribution in [2.75, 3.05) is 6.54 Å². The second-order valence-corrected chi connectivity index (χ2v) is 4.31. The number of hydrogen-bond donors (Lipinski definition) is 1. The molecule has 0 aromatic carbocycles. The van der Waals surface area contributed by atoms with Gasteiger partial charge in [0, 0.05) is 0 Å². The van der Waals surface area contributed by atoms with Crippen LogP contribution >= 0.6 is 0 Å². The molecule has 0 aliphatic carbocycles. The van der Waals surface area contributed by atoms with E-state index in [2.05, 4.69) is 27.7 Å². The van der Waals surface area contributed by atoms with Crippen molar-refractivity contribution in [2.45, 2.75) is 40.5 Å². The van der Waals surface area contributed by atoms with Gasteiger partial charge in [-0.05, 0) is 37.1 Å². The molecule has 1 heteroatoms. The molecule has 0 unspecified atom stereocenters. The molecule has 2 atom stereocenters. The minimum Gasteiger partial charge on any atom is -0.330 e. The lowest BCUT2D eigenvalue weighted by Crippen LogP contribution is -2.14. The van der Waals surface area contributed by atoms with E-state index < -0.39 is 0 Å². The number of hydrogen-bond acceptors (Lipinski definition) is 1. The Kier molecular flexibility index (Phi) is 5.57. The minimum absolute atomic E-state index is 0.698. The summed E-state index contributed by atoms with van der Waals surface area (Å²) in [5, 5.41) is 0. The van der Waals surface area contributed by atoms with Crippen molar-refractivity contribution in [3.63, 3.8) is 0 Å². The second-order valence-electron chi connectivity index (χ2n) is 4.31. The molecule has 11 heavy (non-hydrogen) atoms. The molecule has 68 valence electrons. The molecule has 0 aromatic rings. The van der Waals surface area contributed by atoms with E-state index in [-0.39, 0.29) is 0 Å². The maximum absolute atomic E-state index is 5.55. The summed E-state index contributed by atoms with van der Waals surface area (Å²) < 4.78 is 0. The lowest BCUT2D eigenvalue weighted by Gasteiger charge is -2.17. The highest BCUT2D eigenvalue weighted by Crippen LogP contribution is 2.18. The summed E-state index contributed by atoms with van der Waals surface area (Å²) in [7, 11) is 0. The summed E-state index contributed by atoms with van der Waals surface area (Å²) in [6, 6.07) is 0. The largest absolute Gasteiger partial charge is 0.330 e. The van der Waals surface area contributed by atoms with Crippen LogP contribution in [0.3, 0.4) is 0 Å².